The van der Waals surface area contributed by atoms with E-state index in [2.05, 4.69) is 9.97 Å². The minimum atomic E-state index is -0.559. The number of halogens is 1. The van der Waals surface area contributed by atoms with E-state index in [1.807, 2.05) is 6.07 Å². The quantitative estimate of drug-likeness (QED) is 0.870. The van der Waals surface area contributed by atoms with E-state index in [1.165, 1.54) is 4.90 Å². The van der Waals surface area contributed by atoms with Gasteiger partial charge in [0.15, 0.2) is 11.6 Å². The maximum absolute atomic E-state index is 13.6. The Morgan fingerprint density at radius 2 is 2.00 bits per heavy atom. The van der Waals surface area contributed by atoms with Gasteiger partial charge in [-0.05, 0) is 24.3 Å². The van der Waals surface area contributed by atoms with Crippen LogP contribution in [0.3, 0.4) is 0 Å². The summed E-state index contributed by atoms with van der Waals surface area (Å²) in [6.45, 7) is 0. The number of hydrogen-bond acceptors (Lipinski definition) is 5. The molecule has 1 aromatic heterocycles. The number of benzene rings is 1. The van der Waals surface area contributed by atoms with Crippen LogP contribution in [0.5, 0.6) is 0 Å². The monoisotopic (exact) mass is 243 g/mol. The third-order valence-corrected chi connectivity index (χ3v) is 2.45. The molecule has 90 valence electrons. The van der Waals surface area contributed by atoms with Crippen molar-refractivity contribution in [1.29, 1.82) is 5.26 Å². The lowest BCUT2D eigenvalue weighted by molar-refractivity contribution is 0.614. The second-order valence-corrected chi connectivity index (χ2v) is 3.62. The number of rotatable bonds is 2. The largest absolute Gasteiger partial charge is 0.368 e. The third kappa shape index (κ3) is 2.20. The van der Waals surface area contributed by atoms with Crippen molar-refractivity contribution in [2.75, 3.05) is 17.7 Å². The molecule has 1 heterocycles. The summed E-state index contributed by atoms with van der Waals surface area (Å²) < 4.78 is 13.6. The zero-order valence-corrected chi connectivity index (χ0v) is 9.63. The zero-order chi connectivity index (χ0) is 13.1. The van der Waals surface area contributed by atoms with E-state index >= 15 is 0 Å². The summed E-state index contributed by atoms with van der Waals surface area (Å²) in [5, 5.41) is 8.70. The molecule has 0 saturated heterocycles. The Morgan fingerprint density at radius 3 is 2.61 bits per heavy atom. The first kappa shape index (κ1) is 11.8. The van der Waals surface area contributed by atoms with Crippen molar-refractivity contribution < 1.29 is 4.39 Å². The SMILES string of the molecule is CN(c1ccc(C#N)cc1)c1nc(N)ncc1F. The van der Waals surface area contributed by atoms with E-state index in [0.29, 0.717) is 11.3 Å². The van der Waals surface area contributed by atoms with Gasteiger partial charge < -0.3 is 10.6 Å². The highest BCUT2D eigenvalue weighted by molar-refractivity contribution is 5.61. The molecule has 0 spiro atoms. The summed E-state index contributed by atoms with van der Waals surface area (Å²) in [7, 11) is 1.66. The maximum atomic E-state index is 13.6. The van der Waals surface area contributed by atoms with Gasteiger partial charge in [-0.3, -0.25) is 0 Å². The number of anilines is 3. The summed E-state index contributed by atoms with van der Waals surface area (Å²) in [5.74, 6) is -0.463. The van der Waals surface area contributed by atoms with Gasteiger partial charge in [-0.25, -0.2) is 9.37 Å². The molecule has 0 amide bonds. The number of nitrogens with zero attached hydrogens (tertiary/aromatic N) is 4. The molecule has 6 heteroatoms. The Bertz CT molecular complexity index is 603. The van der Waals surface area contributed by atoms with E-state index in [0.717, 1.165) is 6.20 Å². The van der Waals surface area contributed by atoms with Crippen molar-refractivity contribution in [2.45, 2.75) is 0 Å². The van der Waals surface area contributed by atoms with Crippen molar-refractivity contribution >= 4 is 17.5 Å². The summed E-state index contributed by atoms with van der Waals surface area (Å²) in [4.78, 5) is 8.95. The number of aromatic nitrogens is 2. The molecule has 2 rings (SSSR count). The van der Waals surface area contributed by atoms with Gasteiger partial charge in [0.05, 0.1) is 17.8 Å². The Kier molecular flexibility index (Phi) is 3.06. The Balaban J connectivity index is 2.38. The van der Waals surface area contributed by atoms with Crippen molar-refractivity contribution in [3.63, 3.8) is 0 Å². The van der Waals surface area contributed by atoms with E-state index in [1.54, 1.807) is 31.3 Å². The van der Waals surface area contributed by atoms with Crippen LogP contribution in [-0.4, -0.2) is 17.0 Å². The third-order valence-electron chi connectivity index (χ3n) is 2.45. The Hall–Kier alpha value is -2.68. The van der Waals surface area contributed by atoms with Gasteiger partial charge in [0.2, 0.25) is 5.95 Å². The first-order valence-corrected chi connectivity index (χ1v) is 5.13. The minimum Gasteiger partial charge on any atom is -0.368 e. The van der Waals surface area contributed by atoms with E-state index < -0.39 is 5.82 Å². The van der Waals surface area contributed by atoms with Gasteiger partial charge >= 0.3 is 0 Å². The van der Waals surface area contributed by atoms with Crippen molar-refractivity contribution in [2.24, 2.45) is 0 Å². The number of nitrogens with two attached hydrogens (primary N) is 1. The summed E-state index contributed by atoms with van der Waals surface area (Å²) in [6, 6.07) is 8.72. The molecule has 0 aliphatic rings. The summed E-state index contributed by atoms with van der Waals surface area (Å²) in [5.41, 5.74) is 6.67. The number of hydrogen-bond donors (Lipinski definition) is 1. The van der Waals surface area contributed by atoms with Crippen LogP contribution in [0.25, 0.3) is 0 Å². The molecule has 5 nitrogen and oxygen atoms in total. The molecule has 0 radical (unpaired) electrons. The lowest BCUT2D eigenvalue weighted by atomic mass is 10.2. The van der Waals surface area contributed by atoms with Crippen LogP contribution in [0.4, 0.5) is 21.8 Å². The first-order valence-electron chi connectivity index (χ1n) is 5.13. The van der Waals surface area contributed by atoms with Crippen molar-refractivity contribution in [3.05, 3.63) is 41.8 Å². The lowest BCUT2D eigenvalue weighted by Gasteiger charge is -2.18. The van der Waals surface area contributed by atoms with Crippen LogP contribution in [0.2, 0.25) is 0 Å². The molecule has 1 aromatic carbocycles. The molecule has 2 N–H and O–H groups in total. The lowest BCUT2D eigenvalue weighted by Crippen LogP contribution is -2.14. The van der Waals surface area contributed by atoms with E-state index in [9.17, 15) is 4.39 Å². The topological polar surface area (TPSA) is 78.8 Å². The molecule has 0 unspecified atom stereocenters. The van der Waals surface area contributed by atoms with Crippen molar-refractivity contribution in [1.82, 2.24) is 9.97 Å². The second kappa shape index (κ2) is 4.67. The van der Waals surface area contributed by atoms with Crippen LogP contribution in [0, 0.1) is 17.1 Å². The van der Waals surface area contributed by atoms with Gasteiger partial charge in [-0.1, -0.05) is 0 Å². The fraction of sp³-hybridized carbons (Fsp3) is 0.0833. The Morgan fingerprint density at radius 1 is 1.33 bits per heavy atom. The van der Waals surface area contributed by atoms with Gasteiger partial charge in [0.25, 0.3) is 0 Å². The zero-order valence-electron chi connectivity index (χ0n) is 9.63. The predicted molar refractivity (Wildman–Crippen MR) is 65.6 cm³/mol. The van der Waals surface area contributed by atoms with E-state index in [-0.39, 0.29) is 11.8 Å². The normalized spacial score (nSPS) is 9.83. The summed E-state index contributed by atoms with van der Waals surface area (Å²) in [6.07, 6.45) is 1.03. The molecule has 0 bridgehead atoms. The highest BCUT2D eigenvalue weighted by Crippen LogP contribution is 2.24. The standard InChI is InChI=1S/C12H10FN5/c1-18(9-4-2-8(6-14)3-5-9)11-10(13)7-16-12(15)17-11/h2-5,7H,1H3,(H2,15,16,17). The van der Waals surface area contributed by atoms with Crippen LogP contribution in [0.1, 0.15) is 5.56 Å². The molecule has 0 atom stereocenters. The smallest absolute Gasteiger partial charge is 0.222 e. The van der Waals surface area contributed by atoms with Crippen molar-refractivity contribution in [3.8, 4) is 6.07 Å². The minimum absolute atomic E-state index is 0.00638. The molecule has 0 aliphatic carbocycles. The highest BCUT2D eigenvalue weighted by atomic mass is 19.1. The summed E-state index contributed by atoms with van der Waals surface area (Å²) >= 11 is 0. The van der Waals surface area contributed by atoms with Gasteiger partial charge in [0, 0.05) is 12.7 Å². The van der Waals surface area contributed by atoms with Gasteiger partial charge in [-0.15, -0.1) is 0 Å². The van der Waals surface area contributed by atoms with Crippen LogP contribution in [-0.2, 0) is 0 Å². The molecular formula is C12H10FN5. The molecule has 18 heavy (non-hydrogen) atoms. The molecule has 0 aliphatic heterocycles. The van der Waals surface area contributed by atoms with E-state index in [4.69, 9.17) is 11.0 Å². The maximum Gasteiger partial charge on any atom is 0.222 e. The average molecular weight is 243 g/mol. The second-order valence-electron chi connectivity index (χ2n) is 3.62. The molecule has 0 saturated carbocycles. The van der Waals surface area contributed by atoms with Crippen LogP contribution >= 0.6 is 0 Å². The van der Waals surface area contributed by atoms with Gasteiger partial charge in [0.1, 0.15) is 0 Å². The number of nitrogen functional groups attached to an aromatic ring is 1. The fourth-order valence-electron chi connectivity index (χ4n) is 1.49. The van der Waals surface area contributed by atoms with Crippen LogP contribution < -0.4 is 10.6 Å². The fourth-order valence-corrected chi connectivity index (χ4v) is 1.49. The van der Waals surface area contributed by atoms with Crippen LogP contribution in [0.15, 0.2) is 30.5 Å². The predicted octanol–water partition coefficient (Wildman–Crippen LogP) is 1.84. The Labute approximate surface area is 103 Å². The average Bonchev–Trinajstić information content (AvgIpc) is 2.41. The first-order chi connectivity index (χ1) is 8.61. The molecule has 2 aromatic rings. The number of nitriles is 1. The molecule has 0 fully saturated rings. The highest BCUT2D eigenvalue weighted by Gasteiger charge is 2.12. The molecular weight excluding hydrogens is 233 g/mol. The van der Waals surface area contributed by atoms with Gasteiger partial charge in [-0.2, -0.15) is 10.2 Å².